The normalized spacial score (nSPS) is 27.9. The summed E-state index contributed by atoms with van der Waals surface area (Å²) in [5.41, 5.74) is 8.12. The van der Waals surface area contributed by atoms with E-state index in [-0.39, 0.29) is 29.1 Å². The predicted octanol–water partition coefficient (Wildman–Crippen LogP) is 3.72. The molecule has 1 aliphatic heterocycles. The highest BCUT2D eigenvalue weighted by molar-refractivity contribution is 6.00. The van der Waals surface area contributed by atoms with Gasteiger partial charge in [0.05, 0.1) is 23.1 Å². The van der Waals surface area contributed by atoms with Crippen molar-refractivity contribution in [1.29, 1.82) is 5.26 Å². The summed E-state index contributed by atoms with van der Waals surface area (Å²) in [5.74, 6) is -0.147. The summed E-state index contributed by atoms with van der Waals surface area (Å²) in [4.78, 5) is 19.5. The number of guanidine groups is 1. The van der Waals surface area contributed by atoms with Gasteiger partial charge in [-0.15, -0.1) is 0 Å². The Morgan fingerprint density at radius 1 is 1.29 bits per heavy atom. The zero-order valence-electron chi connectivity index (χ0n) is 17.2. The molecule has 1 heterocycles. The van der Waals surface area contributed by atoms with Gasteiger partial charge in [-0.25, -0.2) is 4.99 Å². The standard InChI is InChI=1S/C23H28N4O/c1-22(2,3)17-12-8-16(9-13-17)19-20(28)27(5)21(25)26-23(19,4)18-10-6-15(14-24)7-11-18/h6-8,10-13,16,19H,9H2,1-5H3,(H2,25,26)/t16?,19-,23+/m0/s1. The van der Waals surface area contributed by atoms with Gasteiger partial charge in [0.25, 0.3) is 0 Å². The van der Waals surface area contributed by atoms with Crippen LogP contribution < -0.4 is 5.73 Å². The molecule has 5 heteroatoms. The Morgan fingerprint density at radius 3 is 2.43 bits per heavy atom. The van der Waals surface area contributed by atoms with Crippen LogP contribution in [0.2, 0.25) is 0 Å². The third-order valence-corrected chi connectivity index (χ3v) is 5.92. The molecular formula is C23H28N4O. The Morgan fingerprint density at radius 2 is 1.93 bits per heavy atom. The Bertz CT molecular complexity index is 911. The monoisotopic (exact) mass is 376 g/mol. The average molecular weight is 377 g/mol. The summed E-state index contributed by atoms with van der Waals surface area (Å²) in [7, 11) is 1.68. The van der Waals surface area contributed by atoms with E-state index in [1.54, 1.807) is 19.2 Å². The number of hydrogen-bond donors (Lipinski definition) is 1. The van der Waals surface area contributed by atoms with Crippen molar-refractivity contribution < 1.29 is 4.79 Å². The number of carbonyl (C=O) groups is 1. The van der Waals surface area contributed by atoms with E-state index in [2.05, 4.69) is 45.1 Å². The van der Waals surface area contributed by atoms with E-state index in [0.29, 0.717) is 5.56 Å². The van der Waals surface area contributed by atoms with E-state index in [0.717, 1.165) is 12.0 Å². The summed E-state index contributed by atoms with van der Waals surface area (Å²) < 4.78 is 0. The first-order valence-electron chi connectivity index (χ1n) is 9.60. The number of nitrogens with zero attached hydrogens (tertiary/aromatic N) is 3. The van der Waals surface area contributed by atoms with Gasteiger partial charge in [-0.2, -0.15) is 5.26 Å². The van der Waals surface area contributed by atoms with Crippen molar-refractivity contribution in [3.63, 3.8) is 0 Å². The minimum absolute atomic E-state index is 0.0263. The molecule has 146 valence electrons. The molecule has 0 radical (unpaired) electrons. The molecule has 28 heavy (non-hydrogen) atoms. The van der Waals surface area contributed by atoms with Crippen LogP contribution in [0, 0.1) is 28.6 Å². The van der Waals surface area contributed by atoms with Crippen LogP contribution in [-0.2, 0) is 10.3 Å². The predicted molar refractivity (Wildman–Crippen MR) is 111 cm³/mol. The quantitative estimate of drug-likeness (QED) is 0.854. The van der Waals surface area contributed by atoms with Crippen LogP contribution in [0.3, 0.4) is 0 Å². The summed E-state index contributed by atoms with van der Waals surface area (Å²) in [6, 6.07) is 9.42. The topological polar surface area (TPSA) is 82.5 Å². The summed E-state index contributed by atoms with van der Waals surface area (Å²) in [5, 5.41) is 9.09. The van der Waals surface area contributed by atoms with E-state index in [4.69, 9.17) is 16.0 Å². The molecule has 1 aromatic carbocycles. The highest BCUT2D eigenvalue weighted by Crippen LogP contribution is 2.45. The maximum absolute atomic E-state index is 13.3. The zero-order valence-corrected chi connectivity index (χ0v) is 17.2. The molecule has 5 nitrogen and oxygen atoms in total. The van der Waals surface area contributed by atoms with E-state index in [1.807, 2.05) is 19.1 Å². The van der Waals surface area contributed by atoms with Gasteiger partial charge in [0, 0.05) is 7.05 Å². The number of amides is 1. The van der Waals surface area contributed by atoms with Gasteiger partial charge in [0.15, 0.2) is 5.96 Å². The fraction of sp³-hybridized carbons (Fsp3) is 0.435. The lowest BCUT2D eigenvalue weighted by molar-refractivity contribution is -0.135. The molecule has 3 atom stereocenters. The van der Waals surface area contributed by atoms with Crippen molar-refractivity contribution >= 4 is 11.9 Å². The van der Waals surface area contributed by atoms with Crippen LogP contribution in [0.5, 0.6) is 0 Å². The van der Waals surface area contributed by atoms with Crippen LogP contribution in [0.15, 0.2) is 53.1 Å². The molecule has 1 unspecified atom stereocenters. The molecule has 0 fully saturated rings. The number of allylic oxidation sites excluding steroid dienone is 4. The van der Waals surface area contributed by atoms with Gasteiger partial charge in [-0.05, 0) is 47.9 Å². The number of aliphatic imine (C=N–C) groups is 1. The molecule has 0 aromatic heterocycles. The third-order valence-electron chi connectivity index (χ3n) is 5.92. The van der Waals surface area contributed by atoms with Gasteiger partial charge < -0.3 is 5.73 Å². The number of nitriles is 1. The highest BCUT2D eigenvalue weighted by atomic mass is 16.2. The van der Waals surface area contributed by atoms with Crippen molar-refractivity contribution in [2.45, 2.75) is 39.7 Å². The molecule has 1 amide bonds. The Labute approximate surface area is 167 Å². The molecule has 0 saturated carbocycles. The largest absolute Gasteiger partial charge is 0.369 e. The van der Waals surface area contributed by atoms with Crippen molar-refractivity contribution in [3.8, 4) is 6.07 Å². The third kappa shape index (κ3) is 3.35. The Balaban J connectivity index is 2.04. The molecule has 1 aliphatic carbocycles. The van der Waals surface area contributed by atoms with Crippen molar-refractivity contribution in [2.24, 2.45) is 28.0 Å². The van der Waals surface area contributed by atoms with E-state index >= 15 is 0 Å². The molecule has 0 saturated heterocycles. The second-order valence-electron chi connectivity index (χ2n) is 8.85. The van der Waals surface area contributed by atoms with Gasteiger partial charge in [-0.3, -0.25) is 9.69 Å². The first-order valence-corrected chi connectivity index (χ1v) is 9.60. The van der Waals surface area contributed by atoms with Crippen molar-refractivity contribution in [2.75, 3.05) is 7.05 Å². The van der Waals surface area contributed by atoms with Crippen LogP contribution >= 0.6 is 0 Å². The number of benzene rings is 1. The minimum atomic E-state index is -0.788. The molecular weight excluding hydrogens is 348 g/mol. The molecule has 1 aromatic rings. The fourth-order valence-electron chi connectivity index (χ4n) is 4.11. The molecule has 2 aliphatic rings. The maximum atomic E-state index is 13.3. The van der Waals surface area contributed by atoms with E-state index in [1.165, 1.54) is 10.5 Å². The van der Waals surface area contributed by atoms with Crippen molar-refractivity contribution in [1.82, 2.24) is 4.90 Å². The van der Waals surface area contributed by atoms with Crippen molar-refractivity contribution in [3.05, 3.63) is 59.2 Å². The zero-order chi connectivity index (χ0) is 20.7. The van der Waals surface area contributed by atoms with Gasteiger partial charge in [-0.1, -0.05) is 51.1 Å². The second kappa shape index (κ2) is 6.94. The number of hydrogen-bond acceptors (Lipinski definition) is 4. The smallest absolute Gasteiger partial charge is 0.235 e. The fourth-order valence-corrected chi connectivity index (χ4v) is 4.11. The highest BCUT2D eigenvalue weighted by Gasteiger charge is 2.49. The van der Waals surface area contributed by atoms with Gasteiger partial charge >= 0.3 is 0 Å². The number of nitrogens with two attached hydrogens (primary N) is 1. The van der Waals surface area contributed by atoms with Crippen LogP contribution in [0.4, 0.5) is 0 Å². The first kappa shape index (κ1) is 19.9. The number of carbonyl (C=O) groups excluding carboxylic acids is 1. The van der Waals surface area contributed by atoms with Crippen LogP contribution in [0.25, 0.3) is 0 Å². The molecule has 0 spiro atoms. The van der Waals surface area contributed by atoms with E-state index in [9.17, 15) is 4.79 Å². The minimum Gasteiger partial charge on any atom is -0.369 e. The van der Waals surface area contributed by atoms with Crippen LogP contribution in [0.1, 0.15) is 45.2 Å². The lowest BCUT2D eigenvalue weighted by Gasteiger charge is -2.44. The maximum Gasteiger partial charge on any atom is 0.235 e. The summed E-state index contributed by atoms with van der Waals surface area (Å²) in [6.07, 6.45) is 7.31. The molecule has 3 rings (SSSR count). The van der Waals surface area contributed by atoms with Gasteiger partial charge in [0.2, 0.25) is 5.91 Å². The lowest BCUT2D eigenvalue weighted by Crippen LogP contribution is -2.55. The Hall–Kier alpha value is -2.87. The first-order chi connectivity index (χ1) is 13.1. The summed E-state index contributed by atoms with van der Waals surface area (Å²) in [6.45, 7) is 8.53. The van der Waals surface area contributed by atoms with Gasteiger partial charge in [0.1, 0.15) is 0 Å². The second-order valence-corrected chi connectivity index (χ2v) is 8.85. The average Bonchev–Trinajstić information content (AvgIpc) is 2.66. The SMILES string of the molecule is CN1C(=O)[C@H](C2C=CC(C(C)(C)C)=CC2)[C@@](C)(c2ccc(C#N)cc2)N=C1N. The summed E-state index contributed by atoms with van der Waals surface area (Å²) >= 11 is 0. The molecule has 2 N–H and O–H groups in total. The number of rotatable bonds is 2. The lowest BCUT2D eigenvalue weighted by atomic mass is 9.68. The van der Waals surface area contributed by atoms with E-state index < -0.39 is 5.54 Å². The van der Waals surface area contributed by atoms with Crippen LogP contribution in [-0.4, -0.2) is 23.8 Å². The Kier molecular flexibility index (Phi) is 4.93. The molecule has 0 bridgehead atoms.